The first kappa shape index (κ1) is 24.5. The highest BCUT2D eigenvalue weighted by Crippen LogP contribution is 2.24. The van der Waals surface area contributed by atoms with Crippen molar-refractivity contribution in [3.05, 3.63) is 130 Å². The van der Waals surface area contributed by atoms with Crippen LogP contribution in [0.15, 0.2) is 107 Å². The van der Waals surface area contributed by atoms with Crippen LogP contribution in [-0.4, -0.2) is 23.5 Å². The van der Waals surface area contributed by atoms with Gasteiger partial charge in [0.25, 0.3) is 0 Å². The number of aryl methyl sites for hydroxylation is 2. The van der Waals surface area contributed by atoms with Gasteiger partial charge >= 0.3 is 12.1 Å². The van der Waals surface area contributed by atoms with Gasteiger partial charge in [0.05, 0.1) is 11.4 Å². The van der Waals surface area contributed by atoms with Crippen molar-refractivity contribution in [2.45, 2.75) is 13.8 Å². The van der Waals surface area contributed by atoms with Gasteiger partial charge in [0.15, 0.2) is 0 Å². The lowest BCUT2D eigenvalue weighted by Gasteiger charge is -2.17. The smallest absolute Gasteiger partial charge is 0.306 e. The molecule has 0 atom stereocenters. The SMILES string of the molecule is Cc1ccc2c(c1)/C(c1ccccc1)=N/NC(=O)Nc1ccc(C)cc1/C(c1ccccc1)=N/NC(=O)N2. The van der Waals surface area contributed by atoms with Crippen LogP contribution >= 0.6 is 0 Å². The Morgan fingerprint density at radius 1 is 0.526 bits per heavy atom. The molecule has 0 bridgehead atoms. The molecule has 0 unspecified atom stereocenters. The van der Waals surface area contributed by atoms with E-state index in [2.05, 4.69) is 31.7 Å². The molecule has 4 aromatic carbocycles. The average Bonchev–Trinajstić information content (AvgIpc) is 2.92. The fourth-order valence-electron chi connectivity index (χ4n) is 4.19. The molecule has 1 heterocycles. The first-order valence-electron chi connectivity index (χ1n) is 12.1. The summed E-state index contributed by atoms with van der Waals surface area (Å²) in [7, 11) is 0. The third-order valence-corrected chi connectivity index (χ3v) is 5.99. The van der Waals surface area contributed by atoms with Crippen LogP contribution in [0.5, 0.6) is 0 Å². The molecular formula is C30H26N6O2. The summed E-state index contributed by atoms with van der Waals surface area (Å²) in [5, 5.41) is 14.8. The van der Waals surface area contributed by atoms with E-state index in [1.165, 1.54) is 0 Å². The number of anilines is 2. The number of rotatable bonds is 2. The first-order chi connectivity index (χ1) is 18.5. The molecule has 0 aromatic heterocycles. The van der Waals surface area contributed by atoms with E-state index in [0.717, 1.165) is 22.3 Å². The summed E-state index contributed by atoms with van der Waals surface area (Å²) in [6.45, 7) is 3.90. The number of benzene rings is 4. The Labute approximate surface area is 220 Å². The summed E-state index contributed by atoms with van der Waals surface area (Å²) < 4.78 is 0. The zero-order chi connectivity index (χ0) is 26.5. The first-order valence-corrected chi connectivity index (χ1v) is 12.1. The van der Waals surface area contributed by atoms with E-state index in [4.69, 9.17) is 0 Å². The normalized spacial score (nSPS) is 16.5. The summed E-state index contributed by atoms with van der Waals surface area (Å²) in [4.78, 5) is 26.2. The summed E-state index contributed by atoms with van der Waals surface area (Å²) in [6.07, 6.45) is 0. The fourth-order valence-corrected chi connectivity index (χ4v) is 4.19. The Kier molecular flexibility index (Phi) is 6.95. The Morgan fingerprint density at radius 2 is 0.921 bits per heavy atom. The van der Waals surface area contributed by atoms with E-state index >= 15 is 0 Å². The number of hydrazone groups is 2. The van der Waals surface area contributed by atoms with E-state index in [-0.39, 0.29) is 0 Å². The monoisotopic (exact) mass is 502 g/mol. The van der Waals surface area contributed by atoms with Crippen molar-refractivity contribution < 1.29 is 9.59 Å². The number of nitrogens with one attached hydrogen (secondary N) is 4. The Bertz CT molecular complexity index is 1440. The molecule has 8 heteroatoms. The van der Waals surface area contributed by atoms with Crippen molar-refractivity contribution in [1.29, 1.82) is 0 Å². The van der Waals surface area contributed by atoms with Crippen LogP contribution < -0.4 is 21.5 Å². The van der Waals surface area contributed by atoms with E-state index < -0.39 is 12.1 Å². The summed E-state index contributed by atoms with van der Waals surface area (Å²) in [5.74, 6) is 0. The van der Waals surface area contributed by atoms with Crippen molar-refractivity contribution in [1.82, 2.24) is 10.9 Å². The molecule has 0 saturated carbocycles. The van der Waals surface area contributed by atoms with Crippen LogP contribution in [0.25, 0.3) is 0 Å². The molecule has 0 radical (unpaired) electrons. The molecule has 5 rings (SSSR count). The van der Waals surface area contributed by atoms with Crippen LogP contribution in [0.4, 0.5) is 21.0 Å². The highest BCUT2D eigenvalue weighted by molar-refractivity contribution is 6.19. The number of urea groups is 2. The molecule has 0 fully saturated rings. The minimum Gasteiger partial charge on any atom is -0.306 e. The molecule has 0 saturated heterocycles. The van der Waals surface area contributed by atoms with Gasteiger partial charge in [-0.05, 0) is 38.1 Å². The molecule has 188 valence electrons. The number of hydrogen-bond acceptors (Lipinski definition) is 4. The molecule has 38 heavy (non-hydrogen) atoms. The summed E-state index contributed by atoms with van der Waals surface area (Å²) in [5.41, 5.74) is 12.1. The molecular weight excluding hydrogens is 476 g/mol. The topological polar surface area (TPSA) is 107 Å². The molecule has 8 nitrogen and oxygen atoms in total. The van der Waals surface area contributed by atoms with Crippen molar-refractivity contribution in [3.63, 3.8) is 0 Å². The predicted molar refractivity (Wildman–Crippen MR) is 151 cm³/mol. The van der Waals surface area contributed by atoms with Gasteiger partial charge in [0.1, 0.15) is 11.4 Å². The van der Waals surface area contributed by atoms with Gasteiger partial charge in [-0.3, -0.25) is 0 Å². The van der Waals surface area contributed by atoms with Crippen molar-refractivity contribution >= 4 is 34.9 Å². The van der Waals surface area contributed by atoms with E-state index in [1.807, 2.05) is 98.8 Å². The van der Waals surface area contributed by atoms with Gasteiger partial charge in [-0.25, -0.2) is 20.4 Å². The zero-order valence-corrected chi connectivity index (χ0v) is 20.9. The van der Waals surface area contributed by atoms with Crippen LogP contribution in [0.2, 0.25) is 0 Å². The number of hydrogen-bond donors (Lipinski definition) is 4. The van der Waals surface area contributed by atoms with Gasteiger partial charge < -0.3 is 10.6 Å². The lowest BCUT2D eigenvalue weighted by Crippen LogP contribution is -2.30. The van der Waals surface area contributed by atoms with Crippen LogP contribution in [-0.2, 0) is 0 Å². The van der Waals surface area contributed by atoms with Crippen LogP contribution in [0.1, 0.15) is 33.4 Å². The Morgan fingerprint density at radius 3 is 1.32 bits per heavy atom. The molecule has 1 aliphatic heterocycles. The number of nitrogens with zero attached hydrogens (tertiary/aromatic N) is 2. The second kappa shape index (κ2) is 10.8. The van der Waals surface area contributed by atoms with Gasteiger partial charge in [0.2, 0.25) is 0 Å². The number of amides is 4. The van der Waals surface area contributed by atoms with E-state index in [0.29, 0.717) is 33.9 Å². The second-order valence-electron chi connectivity index (χ2n) is 8.88. The van der Waals surface area contributed by atoms with Crippen molar-refractivity contribution in [2.24, 2.45) is 10.2 Å². The van der Waals surface area contributed by atoms with E-state index in [1.54, 1.807) is 12.1 Å². The van der Waals surface area contributed by atoms with Crippen molar-refractivity contribution in [3.8, 4) is 0 Å². The standard InChI is InChI=1S/C30H26N6O2/c1-19-13-15-25-23(17-19)27(21-9-5-3-6-10-21)33-35-30(38)32-26-16-14-20(2)18-24(26)28(34-36-29(37)31-25)22-11-7-4-8-12-22/h3-18H,1-2H3,(H2,31,36,37)(H2,32,35,38)/b33-27+,34-28+. The lowest BCUT2D eigenvalue weighted by molar-refractivity contribution is 0.251. The summed E-state index contributed by atoms with van der Waals surface area (Å²) in [6, 6.07) is 29.1. The largest absolute Gasteiger partial charge is 0.339 e. The van der Waals surface area contributed by atoms with Crippen LogP contribution in [0.3, 0.4) is 0 Å². The maximum absolute atomic E-state index is 13.1. The molecule has 4 N–H and O–H groups in total. The molecule has 4 aromatic rings. The highest BCUT2D eigenvalue weighted by Gasteiger charge is 2.19. The number of carbonyl (C=O) groups excluding carboxylic acids is 2. The zero-order valence-electron chi connectivity index (χ0n) is 20.9. The van der Waals surface area contributed by atoms with Crippen LogP contribution in [0, 0.1) is 13.8 Å². The molecule has 1 aliphatic rings. The lowest BCUT2D eigenvalue weighted by atomic mass is 9.98. The molecule has 4 amide bonds. The molecule has 0 aliphatic carbocycles. The third kappa shape index (κ3) is 5.44. The van der Waals surface area contributed by atoms with Gasteiger partial charge in [-0.1, -0.05) is 83.9 Å². The molecule has 0 spiro atoms. The van der Waals surface area contributed by atoms with E-state index in [9.17, 15) is 9.59 Å². The number of carbonyl (C=O) groups is 2. The van der Waals surface area contributed by atoms with Crippen molar-refractivity contribution in [2.75, 3.05) is 10.6 Å². The minimum absolute atomic E-state index is 0.495. The predicted octanol–water partition coefficient (Wildman–Crippen LogP) is 5.77. The third-order valence-electron chi connectivity index (χ3n) is 5.99. The average molecular weight is 503 g/mol. The van der Waals surface area contributed by atoms with Gasteiger partial charge in [-0.15, -0.1) is 0 Å². The Hall–Kier alpha value is -5.24. The minimum atomic E-state index is -0.515. The fraction of sp³-hybridized carbons (Fsp3) is 0.0667. The van der Waals surface area contributed by atoms with Gasteiger partial charge in [0, 0.05) is 22.3 Å². The number of fused-ring (bicyclic) bond motifs is 2. The Balaban J connectivity index is 1.66. The maximum Gasteiger partial charge on any atom is 0.339 e. The second-order valence-corrected chi connectivity index (χ2v) is 8.88. The summed E-state index contributed by atoms with van der Waals surface area (Å²) >= 11 is 0. The van der Waals surface area contributed by atoms with Gasteiger partial charge in [-0.2, -0.15) is 10.2 Å². The quantitative estimate of drug-likeness (QED) is 0.280. The highest BCUT2D eigenvalue weighted by atomic mass is 16.2. The maximum atomic E-state index is 13.1.